The van der Waals surface area contributed by atoms with Crippen molar-refractivity contribution in [3.05, 3.63) is 17.1 Å². The minimum absolute atomic E-state index is 0.132. The Hall–Kier alpha value is -2.22. The maximum Gasteiger partial charge on any atom is 0.358 e. The van der Waals surface area contributed by atoms with Crippen molar-refractivity contribution < 1.29 is 15.0 Å². The van der Waals surface area contributed by atoms with Gasteiger partial charge in [-0.25, -0.2) is 9.48 Å². The lowest BCUT2D eigenvalue weighted by Crippen LogP contribution is -2.08. The molecule has 0 aliphatic carbocycles. The van der Waals surface area contributed by atoms with Gasteiger partial charge in [-0.3, -0.25) is 4.68 Å². The lowest BCUT2D eigenvalue weighted by molar-refractivity contribution is 0.0691. The van der Waals surface area contributed by atoms with Gasteiger partial charge in [-0.05, 0) is 13.8 Å². The average Bonchev–Trinajstić information content (AvgIpc) is 2.83. The lowest BCUT2D eigenvalue weighted by Gasteiger charge is -2.06. The third-order valence-corrected chi connectivity index (χ3v) is 3.00. The maximum atomic E-state index is 11.2. The molecule has 0 aromatic carbocycles. The van der Waals surface area contributed by atoms with Crippen molar-refractivity contribution >= 4 is 5.97 Å². The second-order valence-electron chi connectivity index (χ2n) is 4.21. The molecule has 0 aliphatic rings. The zero-order valence-corrected chi connectivity index (χ0v) is 11.0. The van der Waals surface area contributed by atoms with Crippen LogP contribution in [0.15, 0.2) is 0 Å². The van der Waals surface area contributed by atoms with Crippen LogP contribution in [0.1, 0.15) is 21.9 Å². The summed E-state index contributed by atoms with van der Waals surface area (Å²) in [5, 5.41) is 29.9. The number of aryl methyl sites for hydroxylation is 2. The van der Waals surface area contributed by atoms with Crippen LogP contribution in [0.4, 0.5) is 0 Å². The highest BCUT2D eigenvalue weighted by Crippen LogP contribution is 2.28. The van der Waals surface area contributed by atoms with Crippen LogP contribution in [0.5, 0.6) is 0 Å². The monoisotopic (exact) mass is 265 g/mol. The topological polar surface area (TPSA) is 106 Å². The molecule has 0 amide bonds. The van der Waals surface area contributed by atoms with Crippen molar-refractivity contribution in [2.24, 2.45) is 7.05 Å². The summed E-state index contributed by atoms with van der Waals surface area (Å²) in [6.07, 6.45) is 0. The molecule has 19 heavy (non-hydrogen) atoms. The average molecular weight is 265 g/mol. The summed E-state index contributed by atoms with van der Waals surface area (Å²) in [5.74, 6) is -1.15. The van der Waals surface area contributed by atoms with E-state index in [2.05, 4.69) is 15.4 Å². The van der Waals surface area contributed by atoms with Crippen LogP contribution >= 0.6 is 0 Å². The van der Waals surface area contributed by atoms with Gasteiger partial charge in [-0.15, -0.1) is 5.10 Å². The Kier molecular flexibility index (Phi) is 3.34. The second kappa shape index (κ2) is 4.81. The molecule has 2 heterocycles. The molecular weight excluding hydrogens is 250 g/mol. The molecule has 2 N–H and O–H groups in total. The Morgan fingerprint density at radius 3 is 2.53 bits per heavy atom. The van der Waals surface area contributed by atoms with Crippen LogP contribution in [0.25, 0.3) is 11.3 Å². The Morgan fingerprint density at radius 2 is 2.05 bits per heavy atom. The van der Waals surface area contributed by atoms with Crippen LogP contribution in [0.3, 0.4) is 0 Å². The SMILES string of the molecule is Cc1nn(C)c(C)c1-c1c(C(=O)O)nnn1CCO. The number of aromatic nitrogens is 5. The molecule has 0 aliphatic heterocycles. The van der Waals surface area contributed by atoms with Crippen LogP contribution < -0.4 is 0 Å². The van der Waals surface area contributed by atoms with Gasteiger partial charge < -0.3 is 10.2 Å². The van der Waals surface area contributed by atoms with E-state index in [4.69, 9.17) is 5.11 Å². The largest absolute Gasteiger partial charge is 0.476 e. The van der Waals surface area contributed by atoms with Gasteiger partial charge >= 0.3 is 5.97 Å². The van der Waals surface area contributed by atoms with E-state index in [-0.39, 0.29) is 18.8 Å². The van der Waals surface area contributed by atoms with E-state index in [0.717, 1.165) is 5.69 Å². The molecule has 0 fully saturated rings. The highest BCUT2D eigenvalue weighted by molar-refractivity contribution is 5.93. The maximum absolute atomic E-state index is 11.2. The number of aliphatic hydroxyl groups is 1. The van der Waals surface area contributed by atoms with Gasteiger partial charge in [0.2, 0.25) is 0 Å². The normalized spacial score (nSPS) is 10.9. The molecule has 0 radical (unpaired) electrons. The predicted octanol–water partition coefficient (Wildman–Crippen LogP) is -0.0141. The molecule has 0 saturated carbocycles. The fraction of sp³-hybridized carbons (Fsp3) is 0.455. The highest BCUT2D eigenvalue weighted by atomic mass is 16.4. The molecule has 0 bridgehead atoms. The third kappa shape index (κ3) is 2.10. The Morgan fingerprint density at radius 1 is 1.37 bits per heavy atom. The van der Waals surface area contributed by atoms with Crippen molar-refractivity contribution in [3.8, 4) is 11.3 Å². The Bertz CT molecular complexity index is 629. The molecule has 102 valence electrons. The molecule has 0 atom stereocenters. The third-order valence-electron chi connectivity index (χ3n) is 3.00. The highest BCUT2D eigenvalue weighted by Gasteiger charge is 2.25. The molecule has 0 saturated heterocycles. The van der Waals surface area contributed by atoms with Gasteiger partial charge in [0.05, 0.1) is 18.8 Å². The van der Waals surface area contributed by atoms with Gasteiger partial charge in [0.25, 0.3) is 0 Å². The summed E-state index contributed by atoms with van der Waals surface area (Å²) >= 11 is 0. The van der Waals surface area contributed by atoms with Crippen molar-refractivity contribution in [2.45, 2.75) is 20.4 Å². The molecule has 2 rings (SSSR count). The number of rotatable bonds is 4. The van der Waals surface area contributed by atoms with Gasteiger partial charge in [0, 0.05) is 18.3 Å². The van der Waals surface area contributed by atoms with Gasteiger partial charge in [-0.2, -0.15) is 5.10 Å². The summed E-state index contributed by atoms with van der Waals surface area (Å²) in [7, 11) is 1.78. The minimum atomic E-state index is -1.15. The molecule has 8 heteroatoms. The van der Waals surface area contributed by atoms with Crippen LogP contribution in [-0.2, 0) is 13.6 Å². The number of carboxylic acids is 1. The number of carboxylic acid groups (broad SMARTS) is 1. The summed E-state index contributed by atoms with van der Waals surface area (Å²) in [6.45, 7) is 3.68. The predicted molar refractivity (Wildman–Crippen MR) is 65.7 cm³/mol. The van der Waals surface area contributed by atoms with Crippen LogP contribution in [-0.4, -0.2) is 47.6 Å². The first-order valence-electron chi connectivity index (χ1n) is 5.75. The first-order valence-corrected chi connectivity index (χ1v) is 5.75. The molecule has 0 unspecified atom stereocenters. The van der Waals surface area contributed by atoms with E-state index in [1.807, 2.05) is 6.92 Å². The zero-order valence-electron chi connectivity index (χ0n) is 11.0. The van der Waals surface area contributed by atoms with Crippen molar-refractivity contribution in [2.75, 3.05) is 6.61 Å². The van der Waals surface area contributed by atoms with E-state index in [9.17, 15) is 9.90 Å². The number of aromatic carboxylic acids is 1. The standard InChI is InChI=1S/C11H15N5O3/c1-6-8(7(2)15(3)13-6)10-9(11(18)19)12-14-16(10)4-5-17/h17H,4-5H2,1-3H3,(H,18,19). The van der Waals surface area contributed by atoms with Gasteiger partial charge in [0.15, 0.2) is 5.69 Å². The van der Waals surface area contributed by atoms with Gasteiger partial charge in [0.1, 0.15) is 5.69 Å². The van der Waals surface area contributed by atoms with Crippen LogP contribution in [0, 0.1) is 13.8 Å². The molecule has 2 aromatic rings. The summed E-state index contributed by atoms with van der Waals surface area (Å²) in [4.78, 5) is 11.2. The van der Waals surface area contributed by atoms with E-state index < -0.39 is 5.97 Å². The molecule has 2 aromatic heterocycles. The number of nitrogens with zero attached hydrogens (tertiary/aromatic N) is 5. The first-order chi connectivity index (χ1) is 8.97. The van der Waals surface area contributed by atoms with Crippen molar-refractivity contribution in [1.29, 1.82) is 0 Å². The smallest absolute Gasteiger partial charge is 0.358 e. The lowest BCUT2D eigenvalue weighted by atomic mass is 10.1. The fourth-order valence-corrected chi connectivity index (χ4v) is 2.07. The summed E-state index contributed by atoms with van der Waals surface area (Å²) in [6, 6.07) is 0. The summed E-state index contributed by atoms with van der Waals surface area (Å²) < 4.78 is 3.06. The number of carbonyl (C=O) groups is 1. The van der Waals surface area contributed by atoms with Crippen LogP contribution in [0.2, 0.25) is 0 Å². The van der Waals surface area contributed by atoms with E-state index in [0.29, 0.717) is 17.0 Å². The Labute approximate surface area is 109 Å². The quantitative estimate of drug-likeness (QED) is 0.805. The molecular formula is C11H15N5O3. The van der Waals surface area contributed by atoms with Gasteiger partial charge in [-0.1, -0.05) is 5.21 Å². The van der Waals surface area contributed by atoms with Crippen molar-refractivity contribution in [3.63, 3.8) is 0 Å². The first kappa shape index (κ1) is 13.2. The fourth-order valence-electron chi connectivity index (χ4n) is 2.07. The zero-order chi connectivity index (χ0) is 14.2. The molecule has 0 spiro atoms. The Balaban J connectivity index is 2.71. The van der Waals surface area contributed by atoms with Crippen molar-refractivity contribution in [1.82, 2.24) is 24.8 Å². The molecule has 8 nitrogen and oxygen atoms in total. The minimum Gasteiger partial charge on any atom is -0.476 e. The second-order valence-corrected chi connectivity index (χ2v) is 4.21. The number of hydrogen-bond acceptors (Lipinski definition) is 5. The number of aliphatic hydroxyl groups excluding tert-OH is 1. The summed E-state index contributed by atoms with van der Waals surface area (Å²) in [5.41, 5.74) is 2.46. The van der Waals surface area contributed by atoms with E-state index >= 15 is 0 Å². The van der Waals surface area contributed by atoms with E-state index in [1.54, 1.807) is 18.7 Å². The number of hydrogen-bond donors (Lipinski definition) is 2. The van der Waals surface area contributed by atoms with E-state index in [1.165, 1.54) is 4.68 Å².